The van der Waals surface area contributed by atoms with Crippen LogP contribution in [0, 0.1) is 5.92 Å². The van der Waals surface area contributed by atoms with Crippen LogP contribution in [0.3, 0.4) is 0 Å². The van der Waals surface area contributed by atoms with Gasteiger partial charge in [0.25, 0.3) is 5.91 Å². The first-order valence-electron chi connectivity index (χ1n) is 13.2. The van der Waals surface area contributed by atoms with E-state index in [0.717, 1.165) is 36.8 Å². The Labute approximate surface area is 227 Å². The van der Waals surface area contributed by atoms with Crippen LogP contribution in [0.25, 0.3) is 0 Å². The van der Waals surface area contributed by atoms with Crippen molar-refractivity contribution in [2.75, 3.05) is 33.2 Å². The van der Waals surface area contributed by atoms with Crippen molar-refractivity contribution in [3.05, 3.63) is 52.9 Å². The summed E-state index contributed by atoms with van der Waals surface area (Å²) < 4.78 is 21.9. The van der Waals surface area contributed by atoms with Crippen molar-refractivity contribution >= 4 is 23.6 Å². The molecular formula is C29H33N3O7. The first-order valence-corrected chi connectivity index (χ1v) is 13.2. The number of methoxy groups -OCH3 is 3. The Morgan fingerprint density at radius 2 is 1.82 bits per heavy atom. The van der Waals surface area contributed by atoms with Crippen LogP contribution in [0.2, 0.25) is 0 Å². The number of benzene rings is 1. The fraction of sp³-hybridized carbons (Fsp3) is 0.448. The number of carbonyl (C=O) groups is 3. The number of esters is 1. The maximum atomic E-state index is 13.7. The lowest BCUT2D eigenvalue weighted by molar-refractivity contribution is -0.135. The van der Waals surface area contributed by atoms with Gasteiger partial charge in [-0.1, -0.05) is 32.1 Å². The molecular weight excluding hydrogens is 502 g/mol. The van der Waals surface area contributed by atoms with Gasteiger partial charge in [0.1, 0.15) is 17.6 Å². The second-order valence-corrected chi connectivity index (χ2v) is 10.1. The highest BCUT2D eigenvalue weighted by Gasteiger charge is 2.43. The topological polar surface area (TPSA) is 116 Å². The highest BCUT2D eigenvalue weighted by Crippen LogP contribution is 2.45. The molecule has 3 heterocycles. The third-order valence-electron chi connectivity index (χ3n) is 7.75. The van der Waals surface area contributed by atoms with Crippen LogP contribution < -0.4 is 19.5 Å². The maximum absolute atomic E-state index is 13.7. The molecule has 1 aromatic heterocycles. The minimum Gasteiger partial charge on any atom is -0.496 e. The van der Waals surface area contributed by atoms with E-state index in [1.54, 1.807) is 31.3 Å². The summed E-state index contributed by atoms with van der Waals surface area (Å²) in [5.74, 6) is 1.37. The fourth-order valence-electron chi connectivity index (χ4n) is 5.70. The number of hydrogen-bond donors (Lipinski definition) is 1. The number of amides is 2. The minimum atomic E-state index is -0.705. The average molecular weight is 536 g/mol. The van der Waals surface area contributed by atoms with Gasteiger partial charge in [-0.2, -0.15) is 0 Å². The molecule has 0 bridgehead atoms. The van der Waals surface area contributed by atoms with E-state index in [9.17, 15) is 14.4 Å². The number of nitrogens with zero attached hydrogens (tertiary/aromatic N) is 2. The molecule has 206 valence electrons. The first-order chi connectivity index (χ1) is 18.9. The Balaban J connectivity index is 1.39. The third-order valence-corrected chi connectivity index (χ3v) is 7.75. The van der Waals surface area contributed by atoms with Crippen molar-refractivity contribution in [1.29, 1.82) is 0 Å². The van der Waals surface area contributed by atoms with Gasteiger partial charge in [-0.15, -0.1) is 0 Å². The summed E-state index contributed by atoms with van der Waals surface area (Å²) in [6, 6.07) is 5.95. The third kappa shape index (κ3) is 5.28. The number of nitrogens with one attached hydrogen (secondary N) is 1. The van der Waals surface area contributed by atoms with Gasteiger partial charge >= 0.3 is 5.97 Å². The standard InChI is InChI=1S/C29H33N3O7/c1-36-22-10-11-23(37-2)26-20(22)14-19-16-32(28(34)25(19)39-26)21(13-17-7-5-4-6-8-17)27(33)31-24-12-9-18(15-30-24)29(35)38-3/h9-12,15,17,21H,4-8,13-14,16H2,1-3H3,(H,30,31,33). The molecule has 39 heavy (non-hydrogen) atoms. The average Bonchev–Trinajstić information content (AvgIpc) is 3.29. The highest BCUT2D eigenvalue weighted by molar-refractivity contribution is 6.02. The van der Waals surface area contributed by atoms with Crippen molar-refractivity contribution in [3.8, 4) is 17.2 Å². The van der Waals surface area contributed by atoms with Gasteiger partial charge in [-0.05, 0) is 36.6 Å². The summed E-state index contributed by atoms with van der Waals surface area (Å²) in [7, 11) is 4.44. The molecule has 1 N–H and O–H groups in total. The molecule has 0 radical (unpaired) electrons. The highest BCUT2D eigenvalue weighted by atomic mass is 16.5. The molecule has 1 fully saturated rings. The second kappa shape index (κ2) is 11.3. The monoisotopic (exact) mass is 535 g/mol. The molecule has 0 spiro atoms. The Kier molecular flexibility index (Phi) is 7.72. The number of fused-ring (bicyclic) bond motifs is 1. The summed E-state index contributed by atoms with van der Waals surface area (Å²) in [6.07, 6.45) is 7.86. The van der Waals surface area contributed by atoms with Gasteiger partial charge in [-0.3, -0.25) is 9.59 Å². The zero-order chi connectivity index (χ0) is 27.5. The molecule has 1 unspecified atom stereocenters. The molecule has 1 aliphatic carbocycles. The molecule has 10 heteroatoms. The molecule has 3 aliphatic rings. The zero-order valence-electron chi connectivity index (χ0n) is 22.5. The number of ether oxygens (including phenoxy) is 4. The molecule has 2 amide bonds. The summed E-state index contributed by atoms with van der Waals surface area (Å²) in [5, 5.41) is 2.85. The van der Waals surface area contributed by atoms with E-state index in [4.69, 9.17) is 18.9 Å². The normalized spacial score (nSPS) is 17.6. The van der Waals surface area contributed by atoms with Gasteiger partial charge in [0, 0.05) is 30.3 Å². The lowest BCUT2D eigenvalue weighted by Gasteiger charge is -2.31. The van der Waals surface area contributed by atoms with E-state index in [1.807, 2.05) is 6.07 Å². The van der Waals surface area contributed by atoms with Crippen LogP contribution in [0.1, 0.15) is 54.4 Å². The quantitative estimate of drug-likeness (QED) is 0.506. The fourth-order valence-corrected chi connectivity index (χ4v) is 5.70. The van der Waals surface area contributed by atoms with Crippen LogP contribution in [0.15, 0.2) is 41.8 Å². The zero-order valence-corrected chi connectivity index (χ0v) is 22.5. The van der Waals surface area contributed by atoms with Crippen molar-refractivity contribution < 1.29 is 33.3 Å². The van der Waals surface area contributed by atoms with Crippen LogP contribution >= 0.6 is 0 Å². The van der Waals surface area contributed by atoms with Crippen LogP contribution in [0.5, 0.6) is 17.2 Å². The summed E-state index contributed by atoms with van der Waals surface area (Å²) in [4.78, 5) is 45.0. The summed E-state index contributed by atoms with van der Waals surface area (Å²) in [6.45, 7) is 0.285. The molecule has 0 saturated heterocycles. The Hall–Kier alpha value is -4.08. The van der Waals surface area contributed by atoms with E-state index in [-0.39, 0.29) is 29.7 Å². The van der Waals surface area contributed by atoms with Crippen molar-refractivity contribution in [1.82, 2.24) is 9.88 Å². The Morgan fingerprint density at radius 3 is 2.49 bits per heavy atom. The lowest BCUT2D eigenvalue weighted by atomic mass is 9.84. The second-order valence-electron chi connectivity index (χ2n) is 10.1. The summed E-state index contributed by atoms with van der Waals surface area (Å²) >= 11 is 0. The van der Waals surface area contributed by atoms with Crippen LogP contribution in [-0.2, 0) is 20.7 Å². The van der Waals surface area contributed by atoms with Gasteiger partial charge in [0.2, 0.25) is 5.91 Å². The van der Waals surface area contributed by atoms with Crippen LogP contribution in [-0.4, -0.2) is 61.6 Å². The first kappa shape index (κ1) is 26.5. The lowest BCUT2D eigenvalue weighted by Crippen LogP contribution is -2.47. The van der Waals surface area contributed by atoms with E-state index >= 15 is 0 Å². The molecule has 1 saturated carbocycles. The molecule has 1 atom stereocenters. The Bertz CT molecular complexity index is 1300. The minimum absolute atomic E-state index is 0.246. The molecule has 5 rings (SSSR count). The number of anilines is 1. The van der Waals surface area contributed by atoms with Crippen LogP contribution in [0.4, 0.5) is 5.82 Å². The molecule has 2 aromatic rings. The van der Waals surface area contributed by atoms with Gasteiger partial charge in [-0.25, -0.2) is 9.78 Å². The Morgan fingerprint density at radius 1 is 1.08 bits per heavy atom. The number of pyridine rings is 1. The molecule has 2 aliphatic heterocycles. The smallest absolute Gasteiger partial charge is 0.339 e. The van der Waals surface area contributed by atoms with E-state index in [1.165, 1.54) is 25.8 Å². The summed E-state index contributed by atoms with van der Waals surface area (Å²) in [5.41, 5.74) is 1.90. The van der Waals surface area contributed by atoms with Crippen molar-refractivity contribution in [2.45, 2.75) is 51.0 Å². The molecule has 10 nitrogen and oxygen atoms in total. The van der Waals surface area contributed by atoms with E-state index in [2.05, 4.69) is 10.3 Å². The number of aromatic nitrogens is 1. The van der Waals surface area contributed by atoms with Gasteiger partial charge < -0.3 is 29.2 Å². The van der Waals surface area contributed by atoms with E-state index in [0.29, 0.717) is 41.8 Å². The number of carbonyl (C=O) groups excluding carboxylic acids is 3. The van der Waals surface area contributed by atoms with E-state index < -0.39 is 12.0 Å². The predicted molar refractivity (Wildman–Crippen MR) is 142 cm³/mol. The predicted octanol–water partition coefficient (Wildman–Crippen LogP) is 3.89. The molecule has 1 aromatic carbocycles. The van der Waals surface area contributed by atoms with Gasteiger partial charge in [0.15, 0.2) is 17.3 Å². The number of hydrogen-bond acceptors (Lipinski definition) is 8. The van der Waals surface area contributed by atoms with Gasteiger partial charge in [0.05, 0.1) is 26.9 Å². The maximum Gasteiger partial charge on any atom is 0.339 e. The largest absolute Gasteiger partial charge is 0.496 e. The van der Waals surface area contributed by atoms with Crippen molar-refractivity contribution in [2.24, 2.45) is 5.92 Å². The number of rotatable bonds is 8. The SMILES string of the molecule is COC(=O)c1ccc(NC(=O)C(CC2CCCCC2)N2CC3=C(Oc4c(OC)ccc(OC)c4C3)C2=O)nc1. The van der Waals surface area contributed by atoms with Crippen molar-refractivity contribution in [3.63, 3.8) is 0 Å².